The van der Waals surface area contributed by atoms with Gasteiger partial charge in [-0.15, -0.1) is 0 Å². The van der Waals surface area contributed by atoms with E-state index in [1.54, 1.807) is 12.1 Å². The molecule has 0 N–H and O–H groups in total. The highest BCUT2D eigenvalue weighted by Gasteiger charge is 2.09. The lowest BCUT2D eigenvalue weighted by atomic mass is 10.1. The molecule has 5 heteroatoms. The number of methoxy groups -OCH3 is 1. The van der Waals surface area contributed by atoms with Gasteiger partial charge in [0.25, 0.3) is 0 Å². The van der Waals surface area contributed by atoms with E-state index in [0.717, 1.165) is 11.0 Å². The minimum atomic E-state index is -3.38. The largest absolute Gasteiger partial charge is 0.469 e. The zero-order valence-electron chi connectivity index (χ0n) is 9.55. The lowest BCUT2D eigenvalue weighted by molar-refractivity contribution is -0.140. The first kappa shape index (κ1) is 13.4. The van der Waals surface area contributed by atoms with Crippen molar-refractivity contribution in [2.45, 2.75) is 17.7 Å². The molecule has 0 aromatic heterocycles. The number of benzene rings is 1. The van der Waals surface area contributed by atoms with Crippen molar-refractivity contribution < 1.29 is 17.9 Å². The van der Waals surface area contributed by atoms with E-state index in [0.29, 0.717) is 6.42 Å². The summed E-state index contributed by atoms with van der Waals surface area (Å²) in [6, 6.07) is 6.37. The molecule has 0 unspecified atom stereocenters. The summed E-state index contributed by atoms with van der Waals surface area (Å²) in [7, 11) is -2.04. The van der Waals surface area contributed by atoms with Gasteiger partial charge in [-0.2, -0.15) is 0 Å². The second-order valence-corrected chi connectivity index (χ2v) is 5.33. The second-order valence-electron chi connectivity index (χ2n) is 3.43. The van der Waals surface area contributed by atoms with Crippen LogP contribution in [0.15, 0.2) is 41.1 Å². The van der Waals surface area contributed by atoms with E-state index in [2.05, 4.69) is 11.3 Å². The molecule has 92 valence electrons. The Hall–Kier alpha value is -1.62. The van der Waals surface area contributed by atoms with E-state index in [1.807, 2.05) is 0 Å². The Kier molecular flexibility index (Phi) is 4.45. The van der Waals surface area contributed by atoms with Gasteiger partial charge >= 0.3 is 5.97 Å². The lowest BCUT2D eigenvalue weighted by Gasteiger charge is -2.02. The van der Waals surface area contributed by atoms with Gasteiger partial charge in [-0.1, -0.05) is 18.7 Å². The second kappa shape index (κ2) is 5.63. The summed E-state index contributed by atoms with van der Waals surface area (Å²) in [6.45, 7) is 3.25. The van der Waals surface area contributed by atoms with Gasteiger partial charge in [0.05, 0.1) is 12.0 Å². The Morgan fingerprint density at radius 2 is 1.94 bits per heavy atom. The predicted molar refractivity (Wildman–Crippen MR) is 64.2 cm³/mol. The molecule has 0 aliphatic heterocycles. The van der Waals surface area contributed by atoms with Crippen molar-refractivity contribution in [3.63, 3.8) is 0 Å². The van der Waals surface area contributed by atoms with E-state index < -0.39 is 9.84 Å². The fraction of sp³-hybridized carbons (Fsp3) is 0.250. The topological polar surface area (TPSA) is 60.4 Å². The highest BCUT2D eigenvalue weighted by atomic mass is 32.2. The van der Waals surface area contributed by atoms with Crippen molar-refractivity contribution in [2.24, 2.45) is 0 Å². The molecule has 1 rings (SSSR count). The van der Waals surface area contributed by atoms with Gasteiger partial charge in [0.1, 0.15) is 0 Å². The van der Waals surface area contributed by atoms with E-state index >= 15 is 0 Å². The van der Waals surface area contributed by atoms with Crippen molar-refractivity contribution in [1.82, 2.24) is 0 Å². The van der Waals surface area contributed by atoms with E-state index in [-0.39, 0.29) is 17.3 Å². The number of aryl methyl sites for hydroxylation is 1. The minimum Gasteiger partial charge on any atom is -0.469 e. The van der Waals surface area contributed by atoms with Crippen LogP contribution in [-0.2, 0) is 25.8 Å². The van der Waals surface area contributed by atoms with Crippen LogP contribution in [-0.4, -0.2) is 21.5 Å². The smallest absolute Gasteiger partial charge is 0.305 e. The van der Waals surface area contributed by atoms with Gasteiger partial charge in [0, 0.05) is 11.8 Å². The molecule has 0 saturated carbocycles. The summed E-state index contributed by atoms with van der Waals surface area (Å²) in [5, 5.41) is 0.913. The third-order valence-corrected chi connectivity index (χ3v) is 3.68. The maximum absolute atomic E-state index is 11.4. The van der Waals surface area contributed by atoms with Gasteiger partial charge in [0.2, 0.25) is 0 Å². The Morgan fingerprint density at radius 3 is 2.41 bits per heavy atom. The summed E-state index contributed by atoms with van der Waals surface area (Å²) in [4.78, 5) is 11.1. The first-order valence-electron chi connectivity index (χ1n) is 5.03. The summed E-state index contributed by atoms with van der Waals surface area (Å²) < 4.78 is 27.4. The van der Waals surface area contributed by atoms with Crippen molar-refractivity contribution >= 4 is 15.8 Å². The quantitative estimate of drug-likeness (QED) is 0.750. The maximum Gasteiger partial charge on any atom is 0.305 e. The van der Waals surface area contributed by atoms with Gasteiger partial charge in [0.15, 0.2) is 9.84 Å². The molecule has 0 aliphatic carbocycles. The van der Waals surface area contributed by atoms with Crippen LogP contribution in [0.25, 0.3) is 0 Å². The summed E-state index contributed by atoms with van der Waals surface area (Å²) in [5.74, 6) is -0.284. The number of ether oxygens (including phenoxy) is 1. The third kappa shape index (κ3) is 3.71. The Morgan fingerprint density at radius 1 is 1.35 bits per heavy atom. The molecule has 0 heterocycles. The Balaban J connectivity index is 2.75. The number of carbonyl (C=O) groups is 1. The lowest BCUT2D eigenvalue weighted by Crippen LogP contribution is -2.02. The summed E-state index contributed by atoms with van der Waals surface area (Å²) >= 11 is 0. The highest BCUT2D eigenvalue weighted by molar-refractivity contribution is 7.94. The SMILES string of the molecule is C=CS(=O)(=O)c1ccc(CCC(=O)OC)cc1. The van der Waals surface area contributed by atoms with Crippen molar-refractivity contribution in [3.05, 3.63) is 41.8 Å². The van der Waals surface area contributed by atoms with Crippen LogP contribution in [0, 0.1) is 0 Å². The van der Waals surface area contributed by atoms with Gasteiger partial charge < -0.3 is 4.74 Å². The van der Waals surface area contributed by atoms with E-state index in [1.165, 1.54) is 19.2 Å². The molecule has 0 atom stereocenters. The van der Waals surface area contributed by atoms with Crippen LogP contribution >= 0.6 is 0 Å². The van der Waals surface area contributed by atoms with Gasteiger partial charge in [-0.05, 0) is 24.1 Å². The highest BCUT2D eigenvalue weighted by Crippen LogP contribution is 2.14. The zero-order chi connectivity index (χ0) is 12.9. The number of carbonyl (C=O) groups excluding carboxylic acids is 1. The number of hydrogen-bond donors (Lipinski definition) is 0. The molecule has 17 heavy (non-hydrogen) atoms. The van der Waals surface area contributed by atoms with Crippen LogP contribution < -0.4 is 0 Å². The number of esters is 1. The molecule has 0 radical (unpaired) electrons. The van der Waals surface area contributed by atoms with Crippen LogP contribution in [0.2, 0.25) is 0 Å². The Bertz CT molecular complexity index is 500. The van der Waals surface area contributed by atoms with Gasteiger partial charge in [-0.3, -0.25) is 4.79 Å². The average Bonchev–Trinajstić information content (AvgIpc) is 2.36. The average molecular weight is 254 g/mol. The molecular weight excluding hydrogens is 240 g/mol. The molecule has 0 amide bonds. The molecule has 0 saturated heterocycles. The number of sulfone groups is 1. The van der Waals surface area contributed by atoms with Crippen LogP contribution in [0.4, 0.5) is 0 Å². The first-order valence-corrected chi connectivity index (χ1v) is 6.57. The monoisotopic (exact) mass is 254 g/mol. The number of rotatable bonds is 5. The fourth-order valence-corrected chi connectivity index (χ4v) is 2.00. The van der Waals surface area contributed by atoms with Crippen LogP contribution in [0.3, 0.4) is 0 Å². The molecule has 1 aromatic rings. The van der Waals surface area contributed by atoms with E-state index in [9.17, 15) is 13.2 Å². The van der Waals surface area contributed by atoms with Crippen LogP contribution in [0.5, 0.6) is 0 Å². The van der Waals surface area contributed by atoms with Crippen molar-refractivity contribution in [2.75, 3.05) is 7.11 Å². The molecule has 1 aromatic carbocycles. The number of hydrogen-bond acceptors (Lipinski definition) is 4. The predicted octanol–water partition coefficient (Wildman–Crippen LogP) is 1.71. The summed E-state index contributed by atoms with van der Waals surface area (Å²) in [6.07, 6.45) is 0.811. The summed E-state index contributed by atoms with van der Waals surface area (Å²) in [5.41, 5.74) is 0.887. The molecule has 0 spiro atoms. The minimum absolute atomic E-state index is 0.203. The third-order valence-electron chi connectivity index (χ3n) is 2.32. The maximum atomic E-state index is 11.4. The van der Waals surface area contributed by atoms with Crippen molar-refractivity contribution in [3.8, 4) is 0 Å². The fourth-order valence-electron chi connectivity index (χ4n) is 1.29. The standard InChI is InChI=1S/C12H14O4S/c1-3-17(14,15)11-7-4-10(5-8-11)6-9-12(13)16-2/h3-5,7-8H,1,6,9H2,2H3. The Labute approximate surface area is 101 Å². The normalized spacial score (nSPS) is 10.9. The van der Waals surface area contributed by atoms with Crippen molar-refractivity contribution in [1.29, 1.82) is 0 Å². The van der Waals surface area contributed by atoms with Crippen LogP contribution in [0.1, 0.15) is 12.0 Å². The van der Waals surface area contributed by atoms with Gasteiger partial charge in [-0.25, -0.2) is 8.42 Å². The molecule has 0 fully saturated rings. The molecular formula is C12H14O4S. The zero-order valence-corrected chi connectivity index (χ0v) is 10.4. The molecule has 4 nitrogen and oxygen atoms in total. The molecule has 0 aliphatic rings. The molecule has 0 bridgehead atoms. The van der Waals surface area contributed by atoms with E-state index in [4.69, 9.17) is 0 Å². The first-order chi connectivity index (χ1) is 7.99.